The summed E-state index contributed by atoms with van der Waals surface area (Å²) in [7, 11) is 0. The highest BCUT2D eigenvalue weighted by Gasteiger charge is 2.15. The normalized spacial score (nSPS) is 10.1. The number of nitrogens with zero attached hydrogens (tertiary/aromatic N) is 5. The van der Waals surface area contributed by atoms with Crippen molar-refractivity contribution in [1.82, 2.24) is 19.7 Å². The van der Waals surface area contributed by atoms with E-state index in [0.29, 0.717) is 5.69 Å². The molecule has 0 amide bonds. The monoisotopic (exact) mass is 235 g/mol. The summed E-state index contributed by atoms with van der Waals surface area (Å²) in [5, 5.41) is 22.7. The number of carbonyl (C=O) groups is 1. The van der Waals surface area contributed by atoms with Crippen LogP contribution in [-0.4, -0.2) is 35.7 Å². The summed E-state index contributed by atoms with van der Waals surface area (Å²) in [5.41, 5.74) is 0.152. The molecule has 1 N–H and O–H groups in total. The van der Waals surface area contributed by atoms with Gasteiger partial charge in [0.15, 0.2) is 0 Å². The summed E-state index contributed by atoms with van der Waals surface area (Å²) in [6, 6.07) is 2.70. The maximum Gasteiger partial charge on any atom is 0.491 e. The second-order valence-electron chi connectivity index (χ2n) is 2.95. The first-order valence-electron chi connectivity index (χ1n) is 4.33. The number of nitro groups is 1. The number of hydrogen-bond acceptors (Lipinski definition) is 6. The Morgan fingerprint density at radius 2 is 2.24 bits per heavy atom. The van der Waals surface area contributed by atoms with Gasteiger partial charge in [-0.15, -0.1) is 4.68 Å². The van der Waals surface area contributed by atoms with E-state index in [2.05, 4.69) is 15.1 Å². The van der Waals surface area contributed by atoms with Crippen LogP contribution in [0.4, 0.5) is 5.95 Å². The Hall–Kier alpha value is -2.84. The zero-order valence-electron chi connectivity index (χ0n) is 8.22. The lowest BCUT2D eigenvalue weighted by Crippen LogP contribution is -2.03. The molecule has 0 unspecified atom stereocenters. The van der Waals surface area contributed by atoms with Gasteiger partial charge in [0.25, 0.3) is 0 Å². The van der Waals surface area contributed by atoms with E-state index in [4.69, 9.17) is 5.11 Å². The van der Waals surface area contributed by atoms with Crippen LogP contribution >= 0.6 is 0 Å². The highest BCUT2D eigenvalue weighted by Crippen LogP contribution is 2.09. The van der Waals surface area contributed by atoms with Crippen LogP contribution in [0.3, 0.4) is 0 Å². The van der Waals surface area contributed by atoms with Gasteiger partial charge < -0.3 is 15.2 Å². The number of rotatable bonds is 3. The van der Waals surface area contributed by atoms with Crippen molar-refractivity contribution < 1.29 is 14.8 Å². The van der Waals surface area contributed by atoms with Crippen LogP contribution in [0.1, 0.15) is 10.5 Å². The molecule has 86 valence electrons. The third kappa shape index (κ3) is 2.07. The third-order valence-electron chi connectivity index (χ3n) is 1.87. The fraction of sp³-hybridized carbons (Fsp3) is 0. The SMILES string of the molecule is O=C(O)c1cc(-n2cnc([N+](=O)[O-])n2)ccn1. The molecular formula is C8H5N5O4. The van der Waals surface area contributed by atoms with Gasteiger partial charge in [0.2, 0.25) is 6.33 Å². The maximum absolute atomic E-state index is 10.7. The highest BCUT2D eigenvalue weighted by molar-refractivity contribution is 5.85. The lowest BCUT2D eigenvalue weighted by molar-refractivity contribution is -0.394. The van der Waals surface area contributed by atoms with Crippen LogP contribution in [0.25, 0.3) is 5.69 Å². The summed E-state index contributed by atoms with van der Waals surface area (Å²) in [6.07, 6.45) is 2.39. The Kier molecular flexibility index (Phi) is 2.49. The number of pyridine rings is 1. The second kappa shape index (κ2) is 3.96. The van der Waals surface area contributed by atoms with Crippen molar-refractivity contribution >= 4 is 11.9 Å². The van der Waals surface area contributed by atoms with Gasteiger partial charge in [0, 0.05) is 11.3 Å². The standard InChI is InChI=1S/C8H5N5O4/c14-7(15)6-3-5(1-2-9-6)12-4-10-8(11-12)13(16)17/h1-4H,(H,14,15). The predicted molar refractivity (Wildman–Crippen MR) is 52.8 cm³/mol. The van der Waals surface area contributed by atoms with E-state index in [1.165, 1.54) is 18.3 Å². The lowest BCUT2D eigenvalue weighted by atomic mass is 10.3. The molecule has 0 bridgehead atoms. The van der Waals surface area contributed by atoms with Crippen molar-refractivity contribution in [3.8, 4) is 5.69 Å². The van der Waals surface area contributed by atoms with Crippen molar-refractivity contribution in [2.75, 3.05) is 0 Å². The fourth-order valence-corrected chi connectivity index (χ4v) is 1.14. The molecule has 0 saturated heterocycles. The summed E-state index contributed by atoms with van der Waals surface area (Å²) in [4.78, 5) is 27.4. The molecule has 2 aromatic rings. The zero-order valence-corrected chi connectivity index (χ0v) is 8.22. The first kappa shape index (κ1) is 10.7. The first-order valence-corrected chi connectivity index (χ1v) is 4.33. The molecule has 2 rings (SSSR count). The van der Waals surface area contributed by atoms with Crippen LogP contribution < -0.4 is 0 Å². The lowest BCUT2D eigenvalue weighted by Gasteiger charge is -1.97. The van der Waals surface area contributed by atoms with Crippen molar-refractivity contribution in [1.29, 1.82) is 0 Å². The van der Waals surface area contributed by atoms with Gasteiger partial charge >= 0.3 is 11.9 Å². The molecular weight excluding hydrogens is 230 g/mol. The van der Waals surface area contributed by atoms with Crippen molar-refractivity contribution in [2.45, 2.75) is 0 Å². The number of hydrogen-bond donors (Lipinski definition) is 1. The summed E-state index contributed by atoms with van der Waals surface area (Å²) in [6.45, 7) is 0. The van der Waals surface area contributed by atoms with E-state index in [1.807, 2.05) is 0 Å². The molecule has 0 fully saturated rings. The van der Waals surface area contributed by atoms with E-state index in [0.717, 1.165) is 11.0 Å². The Balaban J connectivity index is 2.42. The Bertz CT molecular complexity index is 593. The minimum atomic E-state index is -1.19. The van der Waals surface area contributed by atoms with Gasteiger partial charge in [-0.3, -0.25) is 0 Å². The molecule has 9 nitrogen and oxygen atoms in total. The van der Waals surface area contributed by atoms with Gasteiger partial charge in [0.05, 0.1) is 5.69 Å². The van der Waals surface area contributed by atoms with E-state index in [-0.39, 0.29) is 5.69 Å². The number of carboxylic acid groups (broad SMARTS) is 1. The second-order valence-corrected chi connectivity index (χ2v) is 2.95. The van der Waals surface area contributed by atoms with Crippen molar-refractivity contribution in [3.05, 3.63) is 40.5 Å². The third-order valence-corrected chi connectivity index (χ3v) is 1.87. The fourth-order valence-electron chi connectivity index (χ4n) is 1.14. The molecule has 0 aromatic carbocycles. The average molecular weight is 235 g/mol. The van der Waals surface area contributed by atoms with Gasteiger partial charge in [-0.05, 0) is 17.1 Å². The molecule has 0 atom stereocenters. The molecule has 0 aliphatic rings. The topological polar surface area (TPSA) is 124 Å². The van der Waals surface area contributed by atoms with Crippen LogP contribution in [0.15, 0.2) is 24.7 Å². The van der Waals surface area contributed by atoms with E-state index >= 15 is 0 Å². The average Bonchev–Trinajstić information content (AvgIpc) is 2.78. The predicted octanol–water partition coefficient (Wildman–Crippen LogP) is 0.269. The summed E-state index contributed by atoms with van der Waals surface area (Å²) in [5.74, 6) is -1.75. The molecule has 0 aliphatic carbocycles. The molecule has 9 heteroatoms. The molecule has 2 aromatic heterocycles. The van der Waals surface area contributed by atoms with Gasteiger partial charge in [-0.25, -0.2) is 9.78 Å². The van der Waals surface area contributed by atoms with Gasteiger partial charge in [-0.2, -0.15) is 0 Å². The van der Waals surface area contributed by atoms with Crippen molar-refractivity contribution in [3.63, 3.8) is 0 Å². The molecule has 17 heavy (non-hydrogen) atoms. The van der Waals surface area contributed by atoms with E-state index in [1.54, 1.807) is 0 Å². The summed E-state index contributed by atoms with van der Waals surface area (Å²) >= 11 is 0. The first-order chi connectivity index (χ1) is 8.08. The minimum Gasteiger partial charge on any atom is -0.477 e. The minimum absolute atomic E-state index is 0.180. The maximum atomic E-state index is 10.7. The highest BCUT2D eigenvalue weighted by atomic mass is 16.6. The number of carboxylic acids is 1. The van der Waals surface area contributed by atoms with Crippen LogP contribution in [0, 0.1) is 10.1 Å². The molecule has 0 spiro atoms. The Morgan fingerprint density at radius 1 is 1.47 bits per heavy atom. The smallest absolute Gasteiger partial charge is 0.477 e. The van der Waals surface area contributed by atoms with Crippen LogP contribution in [-0.2, 0) is 0 Å². The van der Waals surface area contributed by atoms with E-state index in [9.17, 15) is 14.9 Å². The molecule has 2 heterocycles. The Morgan fingerprint density at radius 3 is 2.82 bits per heavy atom. The zero-order chi connectivity index (χ0) is 12.4. The largest absolute Gasteiger partial charge is 0.491 e. The summed E-state index contributed by atoms with van der Waals surface area (Å²) < 4.78 is 1.10. The quantitative estimate of drug-likeness (QED) is 0.597. The van der Waals surface area contributed by atoms with Crippen molar-refractivity contribution in [2.24, 2.45) is 0 Å². The van der Waals surface area contributed by atoms with Crippen LogP contribution in [0.5, 0.6) is 0 Å². The molecule has 0 aliphatic heterocycles. The molecule has 0 saturated carbocycles. The Labute approximate surface area is 93.5 Å². The van der Waals surface area contributed by atoms with E-state index < -0.39 is 16.8 Å². The number of aromatic carboxylic acids is 1. The molecule has 0 radical (unpaired) electrons. The number of aromatic nitrogens is 4. The van der Waals surface area contributed by atoms with Gasteiger partial charge in [0.1, 0.15) is 5.69 Å². The van der Waals surface area contributed by atoms with Gasteiger partial charge in [-0.1, -0.05) is 4.98 Å². The van der Waals surface area contributed by atoms with Crippen LogP contribution in [0.2, 0.25) is 0 Å².